The van der Waals surface area contributed by atoms with Crippen molar-refractivity contribution in [2.75, 3.05) is 0 Å². The summed E-state index contributed by atoms with van der Waals surface area (Å²) in [5, 5.41) is 18.8. The molecule has 3 aromatic rings. The Morgan fingerprint density at radius 2 is 1.70 bits per heavy atom. The van der Waals surface area contributed by atoms with Gasteiger partial charge in [0.15, 0.2) is 0 Å². The van der Waals surface area contributed by atoms with Crippen molar-refractivity contribution < 1.29 is 8.42 Å². The number of sulfonamides is 1. The van der Waals surface area contributed by atoms with Gasteiger partial charge in [0.05, 0.1) is 16.1 Å². The molecule has 2 N–H and O–H groups in total. The van der Waals surface area contributed by atoms with Gasteiger partial charge in [-0.25, -0.2) is 18.2 Å². The largest absolute Gasteiger partial charge is 0.239 e. The molecule has 0 spiro atoms. The van der Waals surface area contributed by atoms with Crippen LogP contribution in [-0.4, -0.2) is 18.2 Å². The van der Waals surface area contributed by atoms with Crippen molar-refractivity contribution in [3.63, 3.8) is 0 Å². The van der Waals surface area contributed by atoms with Crippen LogP contribution in [0.4, 0.5) is 0 Å². The molecule has 0 aliphatic rings. The van der Waals surface area contributed by atoms with Gasteiger partial charge in [-0.05, 0) is 24.3 Å². The first-order valence-corrected chi connectivity index (χ1v) is 8.22. The van der Waals surface area contributed by atoms with E-state index < -0.39 is 10.0 Å². The van der Waals surface area contributed by atoms with Crippen molar-refractivity contribution in [1.29, 1.82) is 5.26 Å². The van der Waals surface area contributed by atoms with Crippen LogP contribution in [-0.2, 0) is 10.0 Å². The lowest BCUT2D eigenvalue weighted by Gasteiger charge is -2.03. The van der Waals surface area contributed by atoms with Gasteiger partial charge in [0.1, 0.15) is 11.8 Å². The number of nitrogens with two attached hydrogens (primary N) is 1. The number of hydrogen-bond donors (Lipinski definition) is 1. The number of primary sulfonamides is 1. The molecule has 0 saturated carbocycles. The number of benzene rings is 2. The maximum absolute atomic E-state index is 11.3. The number of nitrogens with zero attached hydrogens (tertiary/aromatic N) is 3. The van der Waals surface area contributed by atoms with E-state index in [0.717, 1.165) is 5.56 Å². The summed E-state index contributed by atoms with van der Waals surface area (Å²) < 4.78 is 24.1. The highest BCUT2D eigenvalue weighted by Gasteiger charge is 2.12. The maximum atomic E-state index is 11.3. The summed E-state index contributed by atoms with van der Waals surface area (Å²) >= 11 is 0. The minimum absolute atomic E-state index is 0.0252. The standard InChI is InChI=1S/C16H12N4O2S/c17-10-13-11-20(19-16(13)12-4-2-1-3-5-12)14-6-8-15(9-7-14)23(18,21)22/h1-9,11H,(H2,18,21,22). The zero-order chi connectivity index (χ0) is 16.4. The maximum Gasteiger partial charge on any atom is 0.238 e. The molecule has 0 aliphatic heterocycles. The minimum atomic E-state index is -3.73. The van der Waals surface area contributed by atoms with Crippen LogP contribution in [0.3, 0.4) is 0 Å². The molecular formula is C16H12N4O2S. The normalized spacial score (nSPS) is 11.1. The molecule has 1 heterocycles. The van der Waals surface area contributed by atoms with Gasteiger partial charge < -0.3 is 0 Å². The molecule has 3 rings (SSSR count). The van der Waals surface area contributed by atoms with Gasteiger partial charge >= 0.3 is 0 Å². The number of nitriles is 1. The fourth-order valence-corrected chi connectivity index (χ4v) is 2.70. The summed E-state index contributed by atoms with van der Waals surface area (Å²) in [7, 11) is -3.73. The zero-order valence-electron chi connectivity index (χ0n) is 11.9. The van der Waals surface area contributed by atoms with Crippen molar-refractivity contribution in [3.8, 4) is 23.0 Å². The fraction of sp³-hybridized carbons (Fsp3) is 0. The second-order valence-corrected chi connectivity index (χ2v) is 6.41. The van der Waals surface area contributed by atoms with Crippen molar-refractivity contribution >= 4 is 10.0 Å². The molecular weight excluding hydrogens is 312 g/mol. The van der Waals surface area contributed by atoms with Gasteiger partial charge in [-0.1, -0.05) is 30.3 Å². The lowest BCUT2D eigenvalue weighted by Crippen LogP contribution is -2.12. The topological polar surface area (TPSA) is 102 Å². The number of rotatable bonds is 3. The summed E-state index contributed by atoms with van der Waals surface area (Å²) in [5.74, 6) is 0. The summed E-state index contributed by atoms with van der Waals surface area (Å²) in [4.78, 5) is 0.0252. The van der Waals surface area contributed by atoms with E-state index >= 15 is 0 Å². The van der Waals surface area contributed by atoms with Crippen LogP contribution in [0.2, 0.25) is 0 Å². The van der Waals surface area contributed by atoms with Crippen molar-refractivity contribution in [3.05, 3.63) is 66.4 Å². The fourth-order valence-electron chi connectivity index (χ4n) is 2.19. The van der Waals surface area contributed by atoms with E-state index in [2.05, 4.69) is 11.2 Å². The predicted octanol–water partition coefficient (Wildman–Crippen LogP) is 2.06. The van der Waals surface area contributed by atoms with Gasteiger partial charge in [0, 0.05) is 11.8 Å². The second kappa shape index (κ2) is 5.68. The average Bonchev–Trinajstić information content (AvgIpc) is 2.99. The third kappa shape index (κ3) is 2.99. The zero-order valence-corrected chi connectivity index (χ0v) is 12.7. The Balaban J connectivity index is 2.05. The highest BCUT2D eigenvalue weighted by molar-refractivity contribution is 7.89. The molecule has 0 fully saturated rings. The molecule has 6 nitrogen and oxygen atoms in total. The van der Waals surface area contributed by atoms with E-state index in [-0.39, 0.29) is 4.90 Å². The molecule has 0 unspecified atom stereocenters. The summed E-state index contributed by atoms with van der Waals surface area (Å²) in [5.41, 5.74) is 2.48. The Morgan fingerprint density at radius 3 is 2.26 bits per heavy atom. The molecule has 7 heteroatoms. The van der Waals surface area contributed by atoms with Gasteiger partial charge in [-0.3, -0.25) is 0 Å². The van der Waals surface area contributed by atoms with Crippen LogP contribution in [0.5, 0.6) is 0 Å². The van der Waals surface area contributed by atoms with Gasteiger partial charge in [0.25, 0.3) is 0 Å². The summed E-state index contributed by atoms with van der Waals surface area (Å²) in [6.07, 6.45) is 1.61. The smallest absolute Gasteiger partial charge is 0.238 e. The quantitative estimate of drug-likeness (QED) is 0.796. The average molecular weight is 324 g/mol. The van der Waals surface area contributed by atoms with Crippen LogP contribution in [0, 0.1) is 11.3 Å². The third-order valence-corrected chi connectivity index (χ3v) is 4.24. The van der Waals surface area contributed by atoms with Crippen molar-refractivity contribution in [2.45, 2.75) is 4.90 Å². The Kier molecular flexibility index (Phi) is 3.70. The van der Waals surface area contributed by atoms with E-state index in [9.17, 15) is 13.7 Å². The first-order chi connectivity index (χ1) is 11.0. The Hall–Kier alpha value is -2.95. The van der Waals surface area contributed by atoms with Crippen LogP contribution in [0.1, 0.15) is 5.56 Å². The Bertz CT molecular complexity index is 985. The van der Waals surface area contributed by atoms with E-state index in [1.807, 2.05) is 30.3 Å². The molecule has 0 amide bonds. The first kappa shape index (κ1) is 15.0. The van der Waals surface area contributed by atoms with Gasteiger partial charge in [0.2, 0.25) is 10.0 Å². The number of aromatic nitrogens is 2. The highest BCUT2D eigenvalue weighted by atomic mass is 32.2. The van der Waals surface area contributed by atoms with E-state index in [0.29, 0.717) is 16.9 Å². The van der Waals surface area contributed by atoms with Gasteiger partial charge in [-0.2, -0.15) is 10.4 Å². The third-order valence-electron chi connectivity index (χ3n) is 3.31. The summed E-state index contributed by atoms with van der Waals surface area (Å²) in [6.45, 7) is 0. The van der Waals surface area contributed by atoms with E-state index in [4.69, 9.17) is 5.14 Å². The Morgan fingerprint density at radius 1 is 1.04 bits per heavy atom. The van der Waals surface area contributed by atoms with Crippen molar-refractivity contribution in [1.82, 2.24) is 9.78 Å². The van der Waals surface area contributed by atoms with E-state index in [1.54, 1.807) is 18.3 Å². The molecule has 0 saturated heterocycles. The van der Waals surface area contributed by atoms with E-state index in [1.165, 1.54) is 16.8 Å². The van der Waals surface area contributed by atoms with Crippen LogP contribution < -0.4 is 5.14 Å². The van der Waals surface area contributed by atoms with Crippen molar-refractivity contribution in [2.24, 2.45) is 5.14 Å². The molecule has 114 valence electrons. The molecule has 23 heavy (non-hydrogen) atoms. The molecule has 0 radical (unpaired) electrons. The lowest BCUT2D eigenvalue weighted by molar-refractivity contribution is 0.598. The number of hydrogen-bond acceptors (Lipinski definition) is 4. The molecule has 0 aliphatic carbocycles. The highest BCUT2D eigenvalue weighted by Crippen LogP contribution is 2.23. The molecule has 0 atom stereocenters. The summed E-state index contributed by atoms with van der Waals surface area (Å²) in [6, 6.07) is 17.5. The SMILES string of the molecule is N#Cc1cn(-c2ccc(S(N)(=O)=O)cc2)nc1-c1ccccc1. The lowest BCUT2D eigenvalue weighted by atomic mass is 10.1. The van der Waals surface area contributed by atoms with Crippen LogP contribution in [0.15, 0.2) is 65.7 Å². The monoisotopic (exact) mass is 324 g/mol. The van der Waals surface area contributed by atoms with Crippen LogP contribution in [0.25, 0.3) is 16.9 Å². The molecule has 0 bridgehead atoms. The minimum Gasteiger partial charge on any atom is -0.239 e. The molecule has 2 aromatic carbocycles. The van der Waals surface area contributed by atoms with Crippen LogP contribution >= 0.6 is 0 Å². The first-order valence-electron chi connectivity index (χ1n) is 6.67. The second-order valence-electron chi connectivity index (χ2n) is 4.85. The predicted molar refractivity (Wildman–Crippen MR) is 85.1 cm³/mol. The van der Waals surface area contributed by atoms with Gasteiger partial charge in [-0.15, -0.1) is 0 Å². The Labute approximate surface area is 133 Å². The molecule has 1 aromatic heterocycles.